The van der Waals surface area contributed by atoms with Crippen LogP contribution < -0.4 is 0 Å². The molecule has 92 valence electrons. The third-order valence-corrected chi connectivity index (χ3v) is 3.41. The van der Waals surface area contributed by atoms with Gasteiger partial charge in [-0.2, -0.15) is 0 Å². The van der Waals surface area contributed by atoms with Gasteiger partial charge in [-0.15, -0.1) is 0 Å². The van der Waals surface area contributed by atoms with Crippen molar-refractivity contribution in [3.8, 4) is 0 Å². The van der Waals surface area contributed by atoms with Crippen molar-refractivity contribution in [1.82, 2.24) is 0 Å². The van der Waals surface area contributed by atoms with Crippen LogP contribution in [0.1, 0.15) is 19.4 Å². The molecular weight excluding hydrogens is 291 g/mol. The molecule has 0 aliphatic carbocycles. The molecule has 17 heavy (non-hydrogen) atoms. The Morgan fingerprint density at radius 3 is 2.94 bits per heavy atom. The summed E-state index contributed by atoms with van der Waals surface area (Å²) in [6.45, 7) is 3.85. The van der Waals surface area contributed by atoms with Gasteiger partial charge in [-0.25, -0.2) is 9.18 Å². The van der Waals surface area contributed by atoms with Crippen LogP contribution >= 0.6 is 15.9 Å². The number of epoxide rings is 1. The topological polar surface area (TPSA) is 38.8 Å². The fourth-order valence-electron chi connectivity index (χ4n) is 1.73. The number of esters is 1. The summed E-state index contributed by atoms with van der Waals surface area (Å²) in [7, 11) is 0. The first-order chi connectivity index (χ1) is 7.99. The van der Waals surface area contributed by atoms with Gasteiger partial charge in [0.25, 0.3) is 0 Å². The molecule has 1 heterocycles. The van der Waals surface area contributed by atoms with E-state index in [2.05, 4.69) is 15.9 Å². The molecule has 0 spiro atoms. The summed E-state index contributed by atoms with van der Waals surface area (Å²) in [5.74, 6) is -0.721. The Balaban J connectivity index is 2.19. The van der Waals surface area contributed by atoms with Crippen molar-refractivity contribution in [2.24, 2.45) is 0 Å². The smallest absolute Gasteiger partial charge is 0.338 e. The highest BCUT2D eigenvalue weighted by Crippen LogP contribution is 2.47. The van der Waals surface area contributed by atoms with Crippen molar-refractivity contribution < 1.29 is 18.7 Å². The Morgan fingerprint density at radius 1 is 1.65 bits per heavy atom. The lowest BCUT2D eigenvalue weighted by molar-refractivity contribution is -0.144. The van der Waals surface area contributed by atoms with E-state index in [9.17, 15) is 9.18 Å². The van der Waals surface area contributed by atoms with Crippen LogP contribution in [0.25, 0.3) is 0 Å². The Morgan fingerprint density at radius 2 is 2.35 bits per heavy atom. The SMILES string of the molecule is CCOC(=O)C1OC1(C)c1ccc(F)c(Br)c1. The summed E-state index contributed by atoms with van der Waals surface area (Å²) in [6.07, 6.45) is -0.597. The molecule has 1 saturated heterocycles. The van der Waals surface area contributed by atoms with Crippen LogP contribution in [0.15, 0.2) is 22.7 Å². The summed E-state index contributed by atoms with van der Waals surface area (Å²) in [6, 6.07) is 4.57. The molecule has 0 N–H and O–H groups in total. The molecule has 1 fully saturated rings. The molecule has 0 radical (unpaired) electrons. The maximum atomic E-state index is 13.1. The summed E-state index contributed by atoms with van der Waals surface area (Å²) in [5.41, 5.74) is 0.0477. The van der Waals surface area contributed by atoms with Gasteiger partial charge in [-0.05, 0) is 47.5 Å². The highest BCUT2D eigenvalue weighted by molar-refractivity contribution is 9.10. The molecule has 0 amide bonds. The van der Waals surface area contributed by atoms with Crippen molar-refractivity contribution in [2.75, 3.05) is 6.61 Å². The minimum Gasteiger partial charge on any atom is -0.464 e. The maximum Gasteiger partial charge on any atom is 0.338 e. The van der Waals surface area contributed by atoms with E-state index in [0.717, 1.165) is 5.56 Å². The highest BCUT2D eigenvalue weighted by atomic mass is 79.9. The number of halogens is 2. The molecule has 0 saturated carbocycles. The van der Waals surface area contributed by atoms with Crippen LogP contribution in [0.2, 0.25) is 0 Å². The van der Waals surface area contributed by atoms with Crippen LogP contribution in [0.3, 0.4) is 0 Å². The largest absolute Gasteiger partial charge is 0.464 e. The number of hydrogen-bond acceptors (Lipinski definition) is 3. The molecule has 2 rings (SSSR count). The minimum absolute atomic E-state index is 0.321. The minimum atomic E-state index is -0.706. The van der Waals surface area contributed by atoms with Crippen molar-refractivity contribution in [2.45, 2.75) is 25.6 Å². The fourth-order valence-corrected chi connectivity index (χ4v) is 2.10. The second-order valence-electron chi connectivity index (χ2n) is 3.99. The van der Waals surface area contributed by atoms with Gasteiger partial charge >= 0.3 is 5.97 Å². The lowest BCUT2D eigenvalue weighted by atomic mass is 9.97. The molecule has 3 nitrogen and oxygen atoms in total. The average Bonchev–Trinajstić information content (AvgIpc) is 2.97. The molecule has 1 aromatic carbocycles. The number of rotatable bonds is 3. The Hall–Kier alpha value is -0.940. The lowest BCUT2D eigenvalue weighted by Crippen LogP contribution is -2.18. The Labute approximate surface area is 107 Å². The van der Waals surface area contributed by atoms with Gasteiger partial charge in [0.1, 0.15) is 11.4 Å². The van der Waals surface area contributed by atoms with Crippen LogP contribution in [0, 0.1) is 5.82 Å². The van der Waals surface area contributed by atoms with E-state index in [-0.39, 0.29) is 11.8 Å². The van der Waals surface area contributed by atoms with Crippen molar-refractivity contribution in [3.05, 3.63) is 34.1 Å². The first-order valence-electron chi connectivity index (χ1n) is 5.29. The maximum absolute atomic E-state index is 13.1. The summed E-state index contributed by atoms with van der Waals surface area (Å²) in [5, 5.41) is 0. The predicted octanol–water partition coefficient (Wildman–Crippen LogP) is 2.77. The Bertz CT molecular complexity index is 463. The van der Waals surface area contributed by atoms with Gasteiger partial charge in [0, 0.05) is 0 Å². The van der Waals surface area contributed by atoms with E-state index in [4.69, 9.17) is 9.47 Å². The van der Waals surface area contributed by atoms with Gasteiger partial charge in [0.2, 0.25) is 0 Å². The molecule has 1 aromatic rings. The van der Waals surface area contributed by atoms with E-state index in [1.165, 1.54) is 6.07 Å². The normalized spacial score (nSPS) is 26.7. The second-order valence-corrected chi connectivity index (χ2v) is 4.84. The summed E-state index contributed by atoms with van der Waals surface area (Å²) in [4.78, 5) is 11.5. The Kier molecular flexibility index (Phi) is 3.23. The molecule has 1 aliphatic rings. The van der Waals surface area contributed by atoms with Crippen molar-refractivity contribution >= 4 is 21.9 Å². The third-order valence-electron chi connectivity index (χ3n) is 2.80. The molecular formula is C12H12BrFO3. The zero-order valence-electron chi connectivity index (χ0n) is 9.50. The summed E-state index contributed by atoms with van der Waals surface area (Å²) >= 11 is 3.11. The van der Waals surface area contributed by atoms with Crippen LogP contribution in [-0.4, -0.2) is 18.7 Å². The van der Waals surface area contributed by atoms with E-state index in [1.807, 2.05) is 0 Å². The molecule has 2 unspecified atom stereocenters. The molecule has 2 atom stereocenters. The number of hydrogen-bond donors (Lipinski definition) is 0. The second kappa shape index (κ2) is 4.38. The van der Waals surface area contributed by atoms with Crippen LogP contribution in [0.5, 0.6) is 0 Å². The zero-order chi connectivity index (χ0) is 12.6. The molecule has 0 bridgehead atoms. The highest BCUT2D eigenvalue weighted by Gasteiger charge is 2.59. The van der Waals surface area contributed by atoms with Crippen LogP contribution in [0.4, 0.5) is 4.39 Å². The number of benzene rings is 1. The first-order valence-corrected chi connectivity index (χ1v) is 6.08. The van der Waals surface area contributed by atoms with E-state index in [0.29, 0.717) is 11.1 Å². The quantitative estimate of drug-likeness (QED) is 0.636. The van der Waals surface area contributed by atoms with E-state index >= 15 is 0 Å². The van der Waals surface area contributed by atoms with Gasteiger partial charge in [0.15, 0.2) is 6.10 Å². The third kappa shape index (κ3) is 2.21. The van der Waals surface area contributed by atoms with Crippen molar-refractivity contribution in [1.29, 1.82) is 0 Å². The van der Waals surface area contributed by atoms with Gasteiger partial charge < -0.3 is 9.47 Å². The number of carbonyl (C=O) groups is 1. The predicted molar refractivity (Wildman–Crippen MR) is 63.0 cm³/mol. The molecule has 0 aromatic heterocycles. The van der Waals surface area contributed by atoms with E-state index in [1.54, 1.807) is 26.0 Å². The van der Waals surface area contributed by atoms with Gasteiger partial charge in [-0.1, -0.05) is 6.07 Å². The monoisotopic (exact) mass is 302 g/mol. The summed E-state index contributed by atoms with van der Waals surface area (Å²) < 4.78 is 23.7. The van der Waals surface area contributed by atoms with Gasteiger partial charge in [0.05, 0.1) is 11.1 Å². The zero-order valence-corrected chi connectivity index (χ0v) is 11.1. The lowest BCUT2D eigenvalue weighted by Gasteiger charge is -2.07. The fraction of sp³-hybridized carbons (Fsp3) is 0.417. The van der Waals surface area contributed by atoms with E-state index < -0.39 is 11.7 Å². The first kappa shape index (κ1) is 12.5. The molecule has 1 aliphatic heterocycles. The standard InChI is InChI=1S/C12H12BrFO3/c1-3-16-11(15)10-12(2,17-10)7-4-5-9(14)8(13)6-7/h4-6,10H,3H2,1-2H3. The van der Waals surface area contributed by atoms with Crippen molar-refractivity contribution in [3.63, 3.8) is 0 Å². The average molecular weight is 303 g/mol. The molecule has 5 heteroatoms. The van der Waals surface area contributed by atoms with Gasteiger partial charge in [-0.3, -0.25) is 0 Å². The van der Waals surface area contributed by atoms with Crippen LogP contribution in [-0.2, 0) is 19.9 Å². The number of ether oxygens (including phenoxy) is 2. The number of carbonyl (C=O) groups excluding carboxylic acids is 1.